The molecule has 1 aliphatic carbocycles. The Hall–Kier alpha value is -0.130. The van der Waals surface area contributed by atoms with E-state index in [9.17, 15) is 0 Å². The molecule has 96 valence electrons. The molecule has 1 aromatic rings. The maximum absolute atomic E-state index is 4.46. The van der Waals surface area contributed by atoms with Gasteiger partial charge in [-0.05, 0) is 43.3 Å². The normalized spacial score (nSPS) is 27.5. The molecule has 0 bridgehead atoms. The molecule has 0 saturated heterocycles. The number of nitrogens with zero attached hydrogens (tertiary/aromatic N) is 2. The van der Waals surface area contributed by atoms with Gasteiger partial charge in [-0.1, -0.05) is 32.5 Å². The van der Waals surface area contributed by atoms with Gasteiger partial charge in [-0.2, -0.15) is 4.37 Å². The fourth-order valence-corrected chi connectivity index (χ4v) is 4.91. The van der Waals surface area contributed by atoms with E-state index in [1.165, 1.54) is 24.4 Å². The van der Waals surface area contributed by atoms with E-state index in [0.29, 0.717) is 16.7 Å². The highest BCUT2D eigenvalue weighted by atomic mass is 32.2. The van der Waals surface area contributed by atoms with Crippen molar-refractivity contribution in [1.29, 1.82) is 0 Å². The van der Waals surface area contributed by atoms with Crippen LogP contribution in [0, 0.1) is 12.3 Å². The summed E-state index contributed by atoms with van der Waals surface area (Å²) in [6.45, 7) is 9.92. The Bertz CT molecular complexity index is 376. The highest BCUT2D eigenvalue weighted by Gasteiger charge is 2.42. The Kier molecular flexibility index (Phi) is 4.10. The number of aromatic nitrogens is 2. The molecule has 2 unspecified atom stereocenters. The van der Waals surface area contributed by atoms with Crippen LogP contribution in [0.2, 0.25) is 0 Å². The smallest absolute Gasteiger partial charge is 0.170 e. The molecule has 1 N–H and O–H groups in total. The molecule has 0 amide bonds. The average Bonchev–Trinajstić information content (AvgIpc) is 2.77. The van der Waals surface area contributed by atoms with E-state index in [-0.39, 0.29) is 0 Å². The van der Waals surface area contributed by atoms with Crippen molar-refractivity contribution in [2.24, 2.45) is 5.41 Å². The molecule has 5 heteroatoms. The Labute approximate surface area is 112 Å². The van der Waals surface area contributed by atoms with Crippen LogP contribution in [0.5, 0.6) is 0 Å². The summed E-state index contributed by atoms with van der Waals surface area (Å²) < 4.78 is 5.37. The summed E-state index contributed by atoms with van der Waals surface area (Å²) in [4.78, 5) is 4.46. The number of aryl methyl sites for hydroxylation is 1. The lowest BCUT2D eigenvalue weighted by molar-refractivity contribution is 0.290. The van der Waals surface area contributed by atoms with Crippen LogP contribution in [-0.4, -0.2) is 27.2 Å². The maximum Gasteiger partial charge on any atom is 0.170 e. The highest BCUT2D eigenvalue weighted by Crippen LogP contribution is 2.45. The topological polar surface area (TPSA) is 37.8 Å². The van der Waals surface area contributed by atoms with E-state index in [2.05, 4.69) is 35.4 Å². The van der Waals surface area contributed by atoms with Gasteiger partial charge in [-0.3, -0.25) is 0 Å². The van der Waals surface area contributed by atoms with Crippen molar-refractivity contribution in [3.8, 4) is 0 Å². The van der Waals surface area contributed by atoms with Crippen LogP contribution in [0.3, 0.4) is 0 Å². The van der Waals surface area contributed by atoms with Gasteiger partial charge in [0.2, 0.25) is 0 Å². The van der Waals surface area contributed by atoms with Crippen LogP contribution in [0.4, 0.5) is 0 Å². The number of nitrogens with one attached hydrogen (secondary N) is 1. The second kappa shape index (κ2) is 5.24. The third-order valence-electron chi connectivity index (χ3n) is 3.47. The number of thioether (sulfide) groups is 1. The van der Waals surface area contributed by atoms with Gasteiger partial charge in [-0.25, -0.2) is 4.98 Å². The van der Waals surface area contributed by atoms with Crippen molar-refractivity contribution in [2.45, 2.75) is 56.2 Å². The second-order valence-corrected chi connectivity index (χ2v) is 7.56. The minimum Gasteiger partial charge on any atom is -0.313 e. The van der Waals surface area contributed by atoms with Gasteiger partial charge in [0.15, 0.2) is 4.34 Å². The number of hydrogen-bond donors (Lipinski definition) is 1. The van der Waals surface area contributed by atoms with E-state index in [1.807, 2.05) is 18.7 Å². The van der Waals surface area contributed by atoms with Crippen molar-refractivity contribution in [2.75, 3.05) is 6.54 Å². The zero-order valence-electron chi connectivity index (χ0n) is 11.0. The lowest BCUT2D eigenvalue weighted by Gasteiger charge is -2.30. The Morgan fingerprint density at radius 2 is 2.29 bits per heavy atom. The second-order valence-electron chi connectivity index (χ2n) is 5.33. The summed E-state index contributed by atoms with van der Waals surface area (Å²) in [7, 11) is 0. The molecule has 1 aromatic heterocycles. The Morgan fingerprint density at radius 3 is 2.88 bits per heavy atom. The van der Waals surface area contributed by atoms with Crippen LogP contribution in [-0.2, 0) is 0 Å². The first kappa shape index (κ1) is 13.3. The van der Waals surface area contributed by atoms with Gasteiger partial charge in [0.05, 0.1) is 0 Å². The average molecular weight is 271 g/mol. The van der Waals surface area contributed by atoms with E-state index in [1.54, 1.807) is 0 Å². The monoisotopic (exact) mass is 271 g/mol. The Balaban J connectivity index is 2.05. The number of hydrogen-bond acceptors (Lipinski definition) is 5. The maximum atomic E-state index is 4.46. The quantitative estimate of drug-likeness (QED) is 0.913. The van der Waals surface area contributed by atoms with Gasteiger partial charge in [0.1, 0.15) is 5.82 Å². The third-order valence-corrected chi connectivity index (χ3v) is 5.69. The van der Waals surface area contributed by atoms with Crippen molar-refractivity contribution < 1.29 is 0 Å². The third kappa shape index (κ3) is 3.01. The summed E-state index contributed by atoms with van der Waals surface area (Å²) in [5, 5.41) is 4.28. The molecule has 1 saturated carbocycles. The predicted octanol–water partition coefficient (Wildman–Crippen LogP) is 3.11. The molecule has 1 heterocycles. The molecule has 1 aliphatic rings. The fourth-order valence-electron chi connectivity index (χ4n) is 2.55. The van der Waals surface area contributed by atoms with Crippen molar-refractivity contribution in [1.82, 2.24) is 14.7 Å². The van der Waals surface area contributed by atoms with Crippen molar-refractivity contribution >= 4 is 23.3 Å². The summed E-state index contributed by atoms with van der Waals surface area (Å²) in [6.07, 6.45) is 2.56. The summed E-state index contributed by atoms with van der Waals surface area (Å²) >= 11 is 3.44. The summed E-state index contributed by atoms with van der Waals surface area (Å²) in [6, 6.07) is 0.585. The zero-order valence-corrected chi connectivity index (χ0v) is 12.6. The van der Waals surface area contributed by atoms with Gasteiger partial charge < -0.3 is 5.32 Å². The molecule has 1 fully saturated rings. The molecule has 0 aliphatic heterocycles. The molecule has 2 atom stereocenters. The lowest BCUT2D eigenvalue weighted by Crippen LogP contribution is -2.43. The Morgan fingerprint density at radius 1 is 1.53 bits per heavy atom. The van der Waals surface area contributed by atoms with E-state index in [4.69, 9.17) is 0 Å². The standard InChI is InChI=1S/C12H21N3S2/c1-5-13-10-9(6-7-12(10,3)4)16-11-14-8(2)15-17-11/h9-10,13H,5-7H2,1-4H3. The van der Waals surface area contributed by atoms with Crippen molar-refractivity contribution in [3.63, 3.8) is 0 Å². The first-order valence-corrected chi connectivity index (χ1v) is 7.88. The molecule has 0 spiro atoms. The molecule has 17 heavy (non-hydrogen) atoms. The molecule has 0 radical (unpaired) electrons. The zero-order chi connectivity index (χ0) is 12.5. The van der Waals surface area contributed by atoms with E-state index in [0.717, 1.165) is 16.7 Å². The van der Waals surface area contributed by atoms with Crippen LogP contribution in [0.15, 0.2) is 4.34 Å². The first-order valence-electron chi connectivity index (χ1n) is 6.23. The minimum atomic E-state index is 0.396. The molecule has 0 aromatic carbocycles. The van der Waals surface area contributed by atoms with Gasteiger partial charge >= 0.3 is 0 Å². The van der Waals surface area contributed by atoms with Gasteiger partial charge in [-0.15, -0.1) is 0 Å². The number of rotatable bonds is 4. The summed E-state index contributed by atoms with van der Waals surface area (Å²) in [5.74, 6) is 0.898. The molecule has 2 rings (SSSR count). The SMILES string of the molecule is CCNC1C(Sc2nc(C)ns2)CCC1(C)C. The van der Waals surface area contributed by atoms with Gasteiger partial charge in [0.25, 0.3) is 0 Å². The molecular formula is C12H21N3S2. The van der Waals surface area contributed by atoms with Crippen molar-refractivity contribution in [3.05, 3.63) is 5.82 Å². The highest BCUT2D eigenvalue weighted by molar-refractivity contribution is 8.01. The summed E-state index contributed by atoms with van der Waals surface area (Å²) in [5.41, 5.74) is 0.396. The van der Waals surface area contributed by atoms with Crippen LogP contribution in [0.1, 0.15) is 39.4 Å². The molecule has 3 nitrogen and oxygen atoms in total. The van der Waals surface area contributed by atoms with Gasteiger partial charge in [0, 0.05) is 11.3 Å². The van der Waals surface area contributed by atoms with Crippen LogP contribution in [0.25, 0.3) is 0 Å². The first-order chi connectivity index (χ1) is 8.03. The largest absolute Gasteiger partial charge is 0.313 e. The van der Waals surface area contributed by atoms with E-state index >= 15 is 0 Å². The van der Waals surface area contributed by atoms with E-state index < -0.39 is 0 Å². The molecular weight excluding hydrogens is 250 g/mol. The minimum absolute atomic E-state index is 0.396. The van der Waals surface area contributed by atoms with Crippen LogP contribution >= 0.6 is 23.3 Å². The van der Waals surface area contributed by atoms with Crippen LogP contribution < -0.4 is 5.32 Å². The fraction of sp³-hybridized carbons (Fsp3) is 0.833. The predicted molar refractivity (Wildman–Crippen MR) is 74.8 cm³/mol. The lowest BCUT2D eigenvalue weighted by atomic mass is 9.87.